The first-order valence-corrected chi connectivity index (χ1v) is 7.19. The molecule has 0 unspecified atom stereocenters. The van der Waals surface area contributed by atoms with Crippen LogP contribution in [0.4, 0.5) is 0 Å². The number of nitrogens with one attached hydrogen (secondary N) is 1. The summed E-state index contributed by atoms with van der Waals surface area (Å²) in [6.07, 6.45) is 0.371. The Morgan fingerprint density at radius 1 is 1.26 bits per heavy atom. The van der Waals surface area contributed by atoms with Gasteiger partial charge in [-0.3, -0.25) is 4.79 Å². The number of halogens is 2. The van der Waals surface area contributed by atoms with Crippen molar-refractivity contribution >= 4 is 29.1 Å². The van der Waals surface area contributed by atoms with E-state index in [1.807, 2.05) is 11.0 Å². The molecular weight excluding hydrogens is 283 g/mol. The number of nitrogens with zero attached hydrogens (tertiary/aromatic N) is 1. The first kappa shape index (κ1) is 14.6. The molecule has 1 saturated heterocycles. The second kappa shape index (κ2) is 6.12. The van der Waals surface area contributed by atoms with E-state index in [2.05, 4.69) is 19.2 Å². The third kappa shape index (κ3) is 3.85. The molecule has 19 heavy (non-hydrogen) atoms. The van der Waals surface area contributed by atoms with Crippen molar-refractivity contribution in [2.75, 3.05) is 13.1 Å². The van der Waals surface area contributed by atoms with E-state index in [4.69, 9.17) is 23.2 Å². The van der Waals surface area contributed by atoms with Crippen LogP contribution in [0, 0.1) is 0 Å². The second-order valence-corrected chi connectivity index (χ2v) is 6.01. The van der Waals surface area contributed by atoms with Crippen molar-refractivity contribution in [2.24, 2.45) is 0 Å². The Kier molecular flexibility index (Phi) is 4.71. The predicted molar refractivity (Wildman–Crippen MR) is 78.8 cm³/mol. The highest BCUT2D eigenvalue weighted by Gasteiger charge is 2.24. The molecule has 0 aromatic heterocycles. The van der Waals surface area contributed by atoms with Crippen LogP contribution in [0.5, 0.6) is 0 Å². The molecule has 0 radical (unpaired) electrons. The molecule has 1 N–H and O–H groups in total. The highest BCUT2D eigenvalue weighted by molar-refractivity contribution is 6.42. The van der Waals surface area contributed by atoms with E-state index < -0.39 is 0 Å². The van der Waals surface area contributed by atoms with E-state index in [0.29, 0.717) is 28.5 Å². The molecule has 104 valence electrons. The maximum absolute atomic E-state index is 12.3. The molecule has 0 bridgehead atoms. The van der Waals surface area contributed by atoms with Crippen LogP contribution in [0.25, 0.3) is 0 Å². The van der Waals surface area contributed by atoms with E-state index >= 15 is 0 Å². The number of hydrogen-bond acceptors (Lipinski definition) is 2. The summed E-state index contributed by atoms with van der Waals surface area (Å²) in [5.41, 5.74) is 0.901. The Labute approximate surface area is 123 Å². The fraction of sp³-hybridized carbons (Fsp3) is 0.500. The molecule has 0 saturated carbocycles. The van der Waals surface area contributed by atoms with Crippen LogP contribution >= 0.6 is 23.2 Å². The largest absolute Gasteiger partial charge is 0.339 e. The Bertz CT molecular complexity index is 469. The van der Waals surface area contributed by atoms with Crippen molar-refractivity contribution in [3.05, 3.63) is 33.8 Å². The molecule has 1 aromatic carbocycles. The average molecular weight is 301 g/mol. The van der Waals surface area contributed by atoms with Crippen LogP contribution in [0.3, 0.4) is 0 Å². The van der Waals surface area contributed by atoms with Gasteiger partial charge in [0, 0.05) is 25.2 Å². The lowest BCUT2D eigenvalue weighted by Crippen LogP contribution is -2.56. The van der Waals surface area contributed by atoms with Crippen LogP contribution in [0.1, 0.15) is 19.4 Å². The number of piperazine rings is 1. The molecule has 3 nitrogen and oxygen atoms in total. The summed E-state index contributed by atoms with van der Waals surface area (Å²) < 4.78 is 0. The Balaban J connectivity index is 2.02. The van der Waals surface area contributed by atoms with E-state index in [9.17, 15) is 4.79 Å². The van der Waals surface area contributed by atoms with E-state index in [1.165, 1.54) is 0 Å². The molecule has 2 atom stereocenters. The van der Waals surface area contributed by atoms with Gasteiger partial charge in [0.1, 0.15) is 0 Å². The van der Waals surface area contributed by atoms with Gasteiger partial charge in [0.25, 0.3) is 0 Å². The van der Waals surface area contributed by atoms with Gasteiger partial charge < -0.3 is 10.2 Å². The Morgan fingerprint density at radius 2 is 1.89 bits per heavy atom. The third-order valence-corrected chi connectivity index (χ3v) is 3.99. The quantitative estimate of drug-likeness (QED) is 0.911. The molecule has 1 aromatic rings. The molecule has 5 heteroatoms. The summed E-state index contributed by atoms with van der Waals surface area (Å²) in [4.78, 5) is 14.2. The van der Waals surface area contributed by atoms with Gasteiger partial charge in [-0.15, -0.1) is 0 Å². The summed E-state index contributed by atoms with van der Waals surface area (Å²) in [6, 6.07) is 6.01. The first-order valence-electron chi connectivity index (χ1n) is 6.43. The van der Waals surface area contributed by atoms with Gasteiger partial charge in [-0.05, 0) is 31.5 Å². The molecule has 0 spiro atoms. The van der Waals surface area contributed by atoms with Gasteiger partial charge in [-0.1, -0.05) is 29.3 Å². The normalized spacial score (nSPS) is 23.5. The molecule has 1 aliphatic rings. The Morgan fingerprint density at radius 3 is 2.47 bits per heavy atom. The van der Waals surface area contributed by atoms with Crippen LogP contribution < -0.4 is 5.32 Å². The van der Waals surface area contributed by atoms with Gasteiger partial charge in [0.15, 0.2) is 0 Å². The van der Waals surface area contributed by atoms with Crippen LogP contribution in [0.15, 0.2) is 18.2 Å². The maximum atomic E-state index is 12.3. The van der Waals surface area contributed by atoms with Crippen molar-refractivity contribution in [3.63, 3.8) is 0 Å². The molecule has 2 rings (SSSR count). The zero-order chi connectivity index (χ0) is 14.0. The number of benzene rings is 1. The van der Waals surface area contributed by atoms with Crippen molar-refractivity contribution in [1.29, 1.82) is 0 Å². The fourth-order valence-corrected chi connectivity index (χ4v) is 2.79. The van der Waals surface area contributed by atoms with Crippen molar-refractivity contribution in [1.82, 2.24) is 10.2 Å². The van der Waals surface area contributed by atoms with Crippen LogP contribution in [-0.2, 0) is 11.2 Å². The van der Waals surface area contributed by atoms with E-state index in [0.717, 1.165) is 18.7 Å². The molecule has 1 amide bonds. The predicted octanol–water partition coefficient (Wildman–Crippen LogP) is 2.74. The SMILES string of the molecule is C[C@@H]1CN(C(=O)Cc2ccc(Cl)c(Cl)c2)C[C@H](C)N1. The van der Waals surface area contributed by atoms with E-state index in [1.54, 1.807) is 12.1 Å². The van der Waals surface area contributed by atoms with E-state index in [-0.39, 0.29) is 5.91 Å². The Hall–Kier alpha value is -0.770. The summed E-state index contributed by atoms with van der Waals surface area (Å²) >= 11 is 11.8. The lowest BCUT2D eigenvalue weighted by Gasteiger charge is -2.36. The molecule has 1 aliphatic heterocycles. The maximum Gasteiger partial charge on any atom is 0.227 e. The van der Waals surface area contributed by atoms with Gasteiger partial charge in [0.2, 0.25) is 5.91 Å². The van der Waals surface area contributed by atoms with Crippen LogP contribution in [-0.4, -0.2) is 36.0 Å². The van der Waals surface area contributed by atoms with Crippen molar-refractivity contribution in [2.45, 2.75) is 32.4 Å². The van der Waals surface area contributed by atoms with Gasteiger partial charge in [0.05, 0.1) is 16.5 Å². The van der Waals surface area contributed by atoms with Crippen molar-refractivity contribution in [3.8, 4) is 0 Å². The smallest absolute Gasteiger partial charge is 0.227 e. The minimum absolute atomic E-state index is 0.138. The topological polar surface area (TPSA) is 32.3 Å². The summed E-state index contributed by atoms with van der Waals surface area (Å²) in [7, 11) is 0. The molecule has 0 aliphatic carbocycles. The minimum atomic E-state index is 0.138. The monoisotopic (exact) mass is 300 g/mol. The number of carbonyl (C=O) groups is 1. The fourth-order valence-electron chi connectivity index (χ4n) is 2.47. The molecular formula is C14H18Cl2N2O. The zero-order valence-corrected chi connectivity index (χ0v) is 12.6. The highest BCUT2D eigenvalue weighted by Crippen LogP contribution is 2.23. The number of carbonyl (C=O) groups excluding carboxylic acids is 1. The number of hydrogen-bond donors (Lipinski definition) is 1. The zero-order valence-electron chi connectivity index (χ0n) is 11.1. The van der Waals surface area contributed by atoms with Gasteiger partial charge >= 0.3 is 0 Å². The summed E-state index contributed by atoms with van der Waals surface area (Å²) in [6.45, 7) is 5.69. The second-order valence-electron chi connectivity index (χ2n) is 5.19. The van der Waals surface area contributed by atoms with Crippen LogP contribution in [0.2, 0.25) is 10.0 Å². The highest BCUT2D eigenvalue weighted by atomic mass is 35.5. The lowest BCUT2D eigenvalue weighted by molar-refractivity contribution is -0.132. The standard InChI is InChI=1S/C14H18Cl2N2O/c1-9-7-18(8-10(2)17-9)14(19)6-11-3-4-12(15)13(16)5-11/h3-5,9-10,17H,6-8H2,1-2H3/t9-,10+. The summed E-state index contributed by atoms with van der Waals surface area (Å²) in [5.74, 6) is 0.138. The molecule has 1 fully saturated rings. The lowest BCUT2D eigenvalue weighted by atomic mass is 10.1. The average Bonchev–Trinajstić information content (AvgIpc) is 2.32. The first-order chi connectivity index (χ1) is 8.95. The van der Waals surface area contributed by atoms with Crippen molar-refractivity contribution < 1.29 is 4.79 Å². The number of rotatable bonds is 2. The number of amides is 1. The summed E-state index contributed by atoms with van der Waals surface area (Å²) in [5, 5.41) is 4.42. The minimum Gasteiger partial charge on any atom is -0.339 e. The van der Waals surface area contributed by atoms with Gasteiger partial charge in [-0.25, -0.2) is 0 Å². The molecule has 1 heterocycles. The van der Waals surface area contributed by atoms with Gasteiger partial charge in [-0.2, -0.15) is 0 Å². The third-order valence-electron chi connectivity index (χ3n) is 3.25.